The van der Waals surface area contributed by atoms with Crippen LogP contribution in [0.4, 0.5) is 0 Å². The third-order valence-corrected chi connectivity index (χ3v) is 12.6. The van der Waals surface area contributed by atoms with Gasteiger partial charge in [-0.1, -0.05) is 0 Å². The average Bonchev–Trinajstić information content (AvgIpc) is 2.36. The molecule has 0 fully saturated rings. The fourth-order valence-corrected chi connectivity index (χ4v) is 8.05. The molecule has 0 nitrogen and oxygen atoms in total. The minimum absolute atomic E-state index is 0.800. The van der Waals surface area contributed by atoms with E-state index in [1.54, 1.807) is 19.7 Å². The Morgan fingerprint density at radius 3 is 1.35 bits per heavy atom. The Labute approximate surface area is 118 Å². The van der Waals surface area contributed by atoms with Crippen LogP contribution in [0.1, 0.15) is 85.0 Å². The molecule has 0 heterocycles. The first-order chi connectivity index (χ1) is 8.35. The third kappa shape index (κ3) is 13.0. The summed E-state index contributed by atoms with van der Waals surface area (Å²) in [5, 5.41) is 0. The molecule has 0 aromatic rings. The molecule has 1 heteroatoms. The second-order valence-electron chi connectivity index (χ2n) is 5.39. The van der Waals surface area contributed by atoms with E-state index in [0.29, 0.717) is 0 Å². The molecule has 0 saturated carbocycles. The van der Waals surface area contributed by atoms with Crippen molar-refractivity contribution >= 4 is 19.8 Å². The molecule has 0 radical (unpaired) electrons. The molecular formula is C16H35Sn+. The predicted molar refractivity (Wildman–Crippen MR) is 83.4 cm³/mol. The van der Waals surface area contributed by atoms with E-state index in [2.05, 4.69) is 20.8 Å². The SMILES string of the molecule is CCCCCCCCCCC[CH2][Sn+]([CH2]C)[CH2]C. The first-order valence-corrected chi connectivity index (χ1v) is 14.2. The van der Waals surface area contributed by atoms with Crippen molar-refractivity contribution in [3.63, 3.8) is 0 Å². The van der Waals surface area contributed by atoms with E-state index < -0.39 is 19.8 Å². The number of unbranched alkanes of at least 4 members (excludes halogenated alkanes) is 9. The Balaban J connectivity index is 3.03. The monoisotopic (exact) mass is 347 g/mol. The number of hydrogen-bond donors (Lipinski definition) is 0. The Bertz CT molecular complexity index is 129. The summed E-state index contributed by atoms with van der Waals surface area (Å²) in [5.41, 5.74) is 0. The van der Waals surface area contributed by atoms with Crippen molar-refractivity contribution in [2.45, 2.75) is 98.3 Å². The Morgan fingerprint density at radius 2 is 0.941 bits per heavy atom. The summed E-state index contributed by atoms with van der Waals surface area (Å²) in [6.45, 7) is 7.15. The molecule has 0 N–H and O–H groups in total. The van der Waals surface area contributed by atoms with E-state index in [-0.39, 0.29) is 0 Å². The van der Waals surface area contributed by atoms with E-state index in [4.69, 9.17) is 0 Å². The molecule has 0 aliphatic carbocycles. The molecule has 0 aliphatic rings. The Morgan fingerprint density at radius 1 is 0.529 bits per heavy atom. The maximum atomic E-state index is 2.43. The van der Waals surface area contributed by atoms with Crippen LogP contribution in [0.15, 0.2) is 0 Å². The van der Waals surface area contributed by atoms with Crippen LogP contribution in [0.2, 0.25) is 13.3 Å². The first kappa shape index (κ1) is 17.8. The van der Waals surface area contributed by atoms with Gasteiger partial charge in [0.25, 0.3) is 0 Å². The molecule has 0 aromatic heterocycles. The molecule has 0 unspecified atom stereocenters. The minimum atomic E-state index is -0.800. The van der Waals surface area contributed by atoms with E-state index in [9.17, 15) is 0 Å². The van der Waals surface area contributed by atoms with Crippen molar-refractivity contribution < 1.29 is 0 Å². The van der Waals surface area contributed by atoms with Crippen molar-refractivity contribution in [1.82, 2.24) is 0 Å². The molecule has 0 saturated heterocycles. The average molecular weight is 346 g/mol. The second kappa shape index (κ2) is 14.9. The molecule has 0 bridgehead atoms. The van der Waals surface area contributed by atoms with Gasteiger partial charge < -0.3 is 0 Å². The van der Waals surface area contributed by atoms with Crippen LogP contribution in [-0.2, 0) is 0 Å². The van der Waals surface area contributed by atoms with Gasteiger partial charge in [-0.25, -0.2) is 0 Å². The molecule has 0 amide bonds. The maximum absolute atomic E-state index is 2.43. The van der Waals surface area contributed by atoms with Gasteiger partial charge >= 0.3 is 118 Å². The summed E-state index contributed by atoms with van der Waals surface area (Å²) in [4.78, 5) is 0. The fraction of sp³-hybridized carbons (Fsp3) is 1.00. The van der Waals surface area contributed by atoms with Gasteiger partial charge in [-0.2, -0.15) is 0 Å². The van der Waals surface area contributed by atoms with Gasteiger partial charge in [0.1, 0.15) is 0 Å². The molecule has 0 rings (SSSR count). The molecule has 102 valence electrons. The van der Waals surface area contributed by atoms with Crippen molar-refractivity contribution in [2.75, 3.05) is 0 Å². The fourth-order valence-electron chi connectivity index (χ4n) is 2.47. The van der Waals surface area contributed by atoms with Gasteiger partial charge in [0, 0.05) is 0 Å². The summed E-state index contributed by atoms with van der Waals surface area (Å²) in [6.07, 6.45) is 14.9. The van der Waals surface area contributed by atoms with Crippen LogP contribution in [0.25, 0.3) is 0 Å². The van der Waals surface area contributed by atoms with Crippen molar-refractivity contribution in [3.8, 4) is 0 Å². The Kier molecular flexibility index (Phi) is 15.6. The first-order valence-electron chi connectivity index (χ1n) is 8.18. The van der Waals surface area contributed by atoms with Crippen LogP contribution in [0, 0.1) is 0 Å². The molecule has 17 heavy (non-hydrogen) atoms. The van der Waals surface area contributed by atoms with Gasteiger partial charge in [-0.15, -0.1) is 0 Å². The van der Waals surface area contributed by atoms with Crippen molar-refractivity contribution in [1.29, 1.82) is 0 Å². The van der Waals surface area contributed by atoms with E-state index in [0.717, 1.165) is 0 Å². The zero-order valence-corrected chi connectivity index (χ0v) is 15.5. The van der Waals surface area contributed by atoms with Crippen molar-refractivity contribution in [2.24, 2.45) is 0 Å². The van der Waals surface area contributed by atoms with Crippen LogP contribution in [-0.4, -0.2) is 19.8 Å². The van der Waals surface area contributed by atoms with Gasteiger partial charge in [0.15, 0.2) is 0 Å². The summed E-state index contributed by atoms with van der Waals surface area (Å²) in [5.74, 6) is 0. The van der Waals surface area contributed by atoms with Crippen LogP contribution < -0.4 is 0 Å². The van der Waals surface area contributed by atoms with Crippen LogP contribution in [0.3, 0.4) is 0 Å². The molecule has 0 aliphatic heterocycles. The summed E-state index contributed by atoms with van der Waals surface area (Å²) in [7, 11) is 0. The van der Waals surface area contributed by atoms with E-state index >= 15 is 0 Å². The number of hydrogen-bond acceptors (Lipinski definition) is 0. The van der Waals surface area contributed by atoms with Gasteiger partial charge in [-0.05, 0) is 0 Å². The van der Waals surface area contributed by atoms with E-state index in [1.165, 1.54) is 57.8 Å². The summed E-state index contributed by atoms with van der Waals surface area (Å²) >= 11 is -0.800. The summed E-state index contributed by atoms with van der Waals surface area (Å²) in [6, 6.07) is 0. The quantitative estimate of drug-likeness (QED) is 0.266. The predicted octanol–water partition coefficient (Wildman–Crippen LogP) is 6.44. The van der Waals surface area contributed by atoms with Gasteiger partial charge in [0.05, 0.1) is 0 Å². The van der Waals surface area contributed by atoms with Gasteiger partial charge in [0.2, 0.25) is 0 Å². The van der Waals surface area contributed by atoms with Crippen LogP contribution in [0.5, 0.6) is 0 Å². The van der Waals surface area contributed by atoms with Crippen LogP contribution >= 0.6 is 0 Å². The molecular weight excluding hydrogens is 311 g/mol. The molecule has 0 aromatic carbocycles. The van der Waals surface area contributed by atoms with Crippen molar-refractivity contribution in [3.05, 3.63) is 0 Å². The third-order valence-electron chi connectivity index (χ3n) is 3.88. The molecule has 0 atom stereocenters. The van der Waals surface area contributed by atoms with Gasteiger partial charge in [-0.3, -0.25) is 0 Å². The second-order valence-corrected chi connectivity index (χ2v) is 15.1. The standard InChI is InChI=1S/C12H25.2C2H5.Sn/c1-3-5-7-9-11-12-10-8-6-4-2;2*1-2;/h1,3-12H2,2H3;2*1H2,2H3;/q;;;+1. The topological polar surface area (TPSA) is 0 Å². The zero-order valence-electron chi connectivity index (χ0n) is 12.7. The number of rotatable bonds is 13. The normalized spacial score (nSPS) is 10.8. The molecule has 0 spiro atoms. The summed E-state index contributed by atoms with van der Waals surface area (Å²) < 4.78 is 4.83. The zero-order chi connectivity index (χ0) is 12.8. The van der Waals surface area contributed by atoms with E-state index in [1.807, 2.05) is 0 Å². The Hall–Kier alpha value is 0.799.